The Balaban J connectivity index is 1.54. The molecule has 0 aromatic carbocycles. The third-order valence-electron chi connectivity index (χ3n) is 4.29. The van der Waals surface area contributed by atoms with Gasteiger partial charge in [0.05, 0.1) is 12.2 Å². The number of carbonyl (C=O) groups excluding carboxylic acids is 1. The molecule has 0 unspecified atom stereocenters. The Bertz CT molecular complexity index is 527. The Hall–Kier alpha value is -1.67. The summed E-state index contributed by atoms with van der Waals surface area (Å²) in [7, 11) is 1.81. The van der Waals surface area contributed by atoms with Crippen molar-refractivity contribution in [3.63, 3.8) is 0 Å². The zero-order valence-electron chi connectivity index (χ0n) is 14.2. The Morgan fingerprint density at radius 2 is 2.13 bits per heavy atom. The first-order valence-electron chi connectivity index (χ1n) is 8.35. The molecule has 1 aromatic rings. The molecule has 3 rings (SSSR count). The molecular weight excluding hydrogens is 296 g/mol. The number of amides is 1. The van der Waals surface area contributed by atoms with Crippen LogP contribution in [0.15, 0.2) is 0 Å². The number of rotatable bonds is 4. The molecular formula is C15H26N6O2. The molecule has 8 heteroatoms. The average Bonchev–Trinajstić information content (AvgIpc) is 2.95. The van der Waals surface area contributed by atoms with Gasteiger partial charge >= 0.3 is 0 Å². The molecule has 23 heavy (non-hydrogen) atoms. The summed E-state index contributed by atoms with van der Waals surface area (Å²) >= 11 is 0. The summed E-state index contributed by atoms with van der Waals surface area (Å²) in [6, 6.07) is 0. The highest BCUT2D eigenvalue weighted by molar-refractivity contribution is 5.90. The van der Waals surface area contributed by atoms with Gasteiger partial charge in [0.25, 0.3) is 5.91 Å². The average molecular weight is 322 g/mol. The molecule has 3 heterocycles. The van der Waals surface area contributed by atoms with E-state index in [0.717, 1.165) is 39.1 Å². The second kappa shape index (κ2) is 6.84. The number of anilines is 1. The van der Waals surface area contributed by atoms with Crippen LogP contribution in [0.3, 0.4) is 0 Å². The van der Waals surface area contributed by atoms with E-state index in [2.05, 4.69) is 34.1 Å². The van der Waals surface area contributed by atoms with Crippen molar-refractivity contribution in [1.82, 2.24) is 24.6 Å². The summed E-state index contributed by atoms with van der Waals surface area (Å²) < 4.78 is 7.51. The quantitative estimate of drug-likeness (QED) is 0.858. The number of nitrogens with one attached hydrogen (secondary N) is 1. The number of likely N-dealkylation sites (N-methyl/N-ethyl adjacent to an activating group) is 1. The van der Waals surface area contributed by atoms with Crippen molar-refractivity contribution in [3.8, 4) is 0 Å². The topological polar surface area (TPSA) is 75.5 Å². The fraction of sp³-hybridized carbons (Fsp3) is 0.800. The summed E-state index contributed by atoms with van der Waals surface area (Å²) in [6.45, 7) is 9.20. The maximum Gasteiger partial charge on any atom is 0.293 e. The third kappa shape index (κ3) is 3.81. The van der Waals surface area contributed by atoms with Gasteiger partial charge in [-0.15, -0.1) is 5.10 Å². The molecule has 1 N–H and O–H groups in total. The minimum absolute atomic E-state index is 0.122. The number of ether oxygens (including phenoxy) is 1. The van der Waals surface area contributed by atoms with Crippen LogP contribution in [-0.2, 0) is 11.3 Å². The fourth-order valence-electron chi connectivity index (χ4n) is 3.18. The molecule has 0 radical (unpaired) electrons. The number of hydrogen-bond donors (Lipinski definition) is 1. The first-order valence-corrected chi connectivity index (χ1v) is 8.35. The molecule has 2 aliphatic rings. The molecule has 128 valence electrons. The number of morpholine rings is 1. The molecule has 2 atom stereocenters. The van der Waals surface area contributed by atoms with Gasteiger partial charge in [-0.05, 0) is 20.3 Å². The van der Waals surface area contributed by atoms with Crippen LogP contribution in [0.5, 0.6) is 0 Å². The van der Waals surface area contributed by atoms with Crippen LogP contribution in [-0.4, -0.2) is 82.5 Å². The number of aromatic nitrogens is 3. The summed E-state index contributed by atoms with van der Waals surface area (Å²) in [4.78, 5) is 20.8. The number of aryl methyl sites for hydroxylation is 1. The molecule has 1 aromatic heterocycles. The highest BCUT2D eigenvalue weighted by Gasteiger charge is 2.24. The maximum atomic E-state index is 12.5. The van der Waals surface area contributed by atoms with Gasteiger partial charge in [0.2, 0.25) is 11.8 Å². The van der Waals surface area contributed by atoms with Crippen LogP contribution in [0.4, 0.5) is 5.95 Å². The summed E-state index contributed by atoms with van der Waals surface area (Å²) in [5.74, 6) is 0.854. The lowest BCUT2D eigenvalue weighted by atomic mass is 10.2. The van der Waals surface area contributed by atoms with Crippen molar-refractivity contribution < 1.29 is 9.53 Å². The van der Waals surface area contributed by atoms with Gasteiger partial charge in [-0.2, -0.15) is 4.98 Å². The van der Waals surface area contributed by atoms with E-state index in [1.165, 1.54) is 0 Å². The van der Waals surface area contributed by atoms with Crippen LogP contribution in [0.1, 0.15) is 30.9 Å². The monoisotopic (exact) mass is 322 g/mol. The van der Waals surface area contributed by atoms with E-state index in [4.69, 9.17) is 4.74 Å². The van der Waals surface area contributed by atoms with Gasteiger partial charge in [0, 0.05) is 46.3 Å². The van der Waals surface area contributed by atoms with Crippen LogP contribution < -0.4 is 5.32 Å². The third-order valence-corrected chi connectivity index (χ3v) is 4.29. The molecule has 0 saturated carbocycles. The van der Waals surface area contributed by atoms with Gasteiger partial charge in [-0.25, -0.2) is 4.68 Å². The largest absolute Gasteiger partial charge is 0.373 e. The van der Waals surface area contributed by atoms with Crippen molar-refractivity contribution in [2.45, 2.75) is 39.0 Å². The number of fused-ring (bicyclic) bond motifs is 1. The Morgan fingerprint density at radius 1 is 1.39 bits per heavy atom. The summed E-state index contributed by atoms with van der Waals surface area (Å²) in [5, 5.41) is 7.48. The van der Waals surface area contributed by atoms with Gasteiger partial charge in [0.15, 0.2) is 0 Å². The van der Waals surface area contributed by atoms with Crippen molar-refractivity contribution in [2.75, 3.05) is 45.1 Å². The highest BCUT2D eigenvalue weighted by atomic mass is 16.5. The normalized spacial score (nSPS) is 24.8. The smallest absolute Gasteiger partial charge is 0.293 e. The summed E-state index contributed by atoms with van der Waals surface area (Å²) in [6.07, 6.45) is 1.49. The molecule has 1 saturated heterocycles. The van der Waals surface area contributed by atoms with Crippen LogP contribution in [0, 0.1) is 0 Å². The van der Waals surface area contributed by atoms with Crippen LogP contribution in [0.25, 0.3) is 0 Å². The van der Waals surface area contributed by atoms with Gasteiger partial charge < -0.3 is 15.0 Å². The van der Waals surface area contributed by atoms with E-state index in [0.29, 0.717) is 12.5 Å². The zero-order chi connectivity index (χ0) is 16.4. The van der Waals surface area contributed by atoms with E-state index < -0.39 is 0 Å². The van der Waals surface area contributed by atoms with Crippen LogP contribution >= 0.6 is 0 Å². The highest BCUT2D eigenvalue weighted by Crippen LogP contribution is 2.13. The Kier molecular flexibility index (Phi) is 4.82. The maximum absolute atomic E-state index is 12.5. The second-order valence-electron chi connectivity index (χ2n) is 6.51. The minimum Gasteiger partial charge on any atom is -0.373 e. The number of hydrogen-bond acceptors (Lipinski definition) is 6. The fourth-order valence-corrected chi connectivity index (χ4v) is 3.18. The molecule has 1 amide bonds. The molecule has 0 spiro atoms. The Labute approximate surface area is 136 Å². The van der Waals surface area contributed by atoms with E-state index >= 15 is 0 Å². The molecule has 8 nitrogen and oxygen atoms in total. The van der Waals surface area contributed by atoms with Gasteiger partial charge in [-0.3, -0.25) is 9.69 Å². The lowest BCUT2D eigenvalue weighted by molar-refractivity contribution is -0.0686. The lowest BCUT2D eigenvalue weighted by Gasteiger charge is -2.35. The standard InChI is InChI=1S/C15H26N6O2/c1-11-9-20(10-12(2)23-11)8-7-19(3)14(22)13-17-15-16-5-4-6-21(15)18-13/h11-12H,4-10H2,1-3H3,(H,16,17,18)/t11-,12+. The molecule has 0 bridgehead atoms. The van der Waals surface area contributed by atoms with Crippen molar-refractivity contribution in [3.05, 3.63) is 5.82 Å². The number of carbonyl (C=O) groups is 1. The van der Waals surface area contributed by atoms with Crippen molar-refractivity contribution >= 4 is 11.9 Å². The van der Waals surface area contributed by atoms with Gasteiger partial charge in [0.1, 0.15) is 0 Å². The SMILES string of the molecule is C[C@@H]1CN(CCN(C)C(=O)c2nc3n(n2)CCCN3)C[C@H](C)O1. The first-order chi connectivity index (χ1) is 11.0. The predicted molar refractivity (Wildman–Crippen MR) is 86.5 cm³/mol. The molecule has 1 fully saturated rings. The second-order valence-corrected chi connectivity index (χ2v) is 6.51. The van der Waals surface area contributed by atoms with Crippen molar-refractivity contribution in [1.29, 1.82) is 0 Å². The van der Waals surface area contributed by atoms with Gasteiger partial charge in [-0.1, -0.05) is 0 Å². The van der Waals surface area contributed by atoms with Crippen LogP contribution in [0.2, 0.25) is 0 Å². The van der Waals surface area contributed by atoms with Crippen molar-refractivity contribution in [2.24, 2.45) is 0 Å². The van der Waals surface area contributed by atoms with E-state index in [1.807, 2.05) is 7.05 Å². The zero-order valence-corrected chi connectivity index (χ0v) is 14.2. The molecule has 0 aliphatic carbocycles. The first kappa shape index (κ1) is 16.2. The van der Waals surface area contributed by atoms with E-state index in [1.54, 1.807) is 9.58 Å². The van der Waals surface area contributed by atoms with E-state index in [9.17, 15) is 4.79 Å². The minimum atomic E-state index is -0.122. The van der Waals surface area contributed by atoms with E-state index in [-0.39, 0.29) is 23.9 Å². The lowest BCUT2D eigenvalue weighted by Crippen LogP contribution is -2.48. The Morgan fingerprint density at radius 3 is 2.83 bits per heavy atom. The molecule has 2 aliphatic heterocycles. The predicted octanol–water partition coefficient (Wildman–Crippen LogP) is 0.275. The summed E-state index contributed by atoms with van der Waals surface area (Å²) in [5.41, 5.74) is 0. The number of nitrogens with zero attached hydrogens (tertiary/aromatic N) is 5.